The zero-order valence-corrected chi connectivity index (χ0v) is 12.9. The van der Waals surface area contributed by atoms with Crippen LogP contribution in [0.25, 0.3) is 17.1 Å². The first-order valence-corrected chi connectivity index (χ1v) is 7.77. The summed E-state index contributed by atoms with van der Waals surface area (Å²) in [5.74, 6) is 0.960. The van der Waals surface area contributed by atoms with E-state index in [1.807, 2.05) is 34.9 Å². The third-order valence-electron chi connectivity index (χ3n) is 2.89. The molecule has 2 heterocycles. The zero-order chi connectivity index (χ0) is 15.4. The Morgan fingerprint density at radius 3 is 2.86 bits per heavy atom. The van der Waals surface area contributed by atoms with Crippen LogP contribution in [0.15, 0.2) is 53.9 Å². The summed E-state index contributed by atoms with van der Waals surface area (Å²) in [6, 6.07) is 13.3. The predicted molar refractivity (Wildman–Crippen MR) is 85.9 cm³/mol. The monoisotopic (exact) mass is 327 g/mol. The first-order valence-electron chi connectivity index (χ1n) is 6.41. The summed E-state index contributed by atoms with van der Waals surface area (Å²) >= 11 is 7.42. The molecule has 2 aromatic heterocycles. The number of aromatic nitrogens is 4. The van der Waals surface area contributed by atoms with E-state index in [2.05, 4.69) is 21.3 Å². The van der Waals surface area contributed by atoms with Crippen LogP contribution in [0.1, 0.15) is 0 Å². The normalized spacial score (nSPS) is 10.4. The van der Waals surface area contributed by atoms with Crippen molar-refractivity contribution in [3.63, 3.8) is 0 Å². The maximum atomic E-state index is 8.80. The lowest BCUT2D eigenvalue weighted by molar-refractivity contribution is 0.887. The topological polar surface area (TPSA) is 67.4 Å². The number of rotatable bonds is 4. The van der Waals surface area contributed by atoms with Crippen molar-refractivity contribution in [3.8, 4) is 23.1 Å². The van der Waals surface area contributed by atoms with Crippen LogP contribution in [-0.4, -0.2) is 25.5 Å². The smallest absolute Gasteiger partial charge is 0.197 e. The highest BCUT2D eigenvalue weighted by Gasteiger charge is 2.16. The summed E-state index contributed by atoms with van der Waals surface area (Å²) in [6.45, 7) is 0. The van der Waals surface area contributed by atoms with Crippen LogP contribution in [0, 0.1) is 11.3 Å². The SMILES string of the molecule is N#CCSc1nnc(-c2cccnc2)n1-c1cccc(Cl)c1. The van der Waals surface area contributed by atoms with E-state index < -0.39 is 0 Å². The molecule has 0 aliphatic heterocycles. The predicted octanol–water partition coefficient (Wildman–Crippen LogP) is 3.60. The molecular formula is C15H10ClN5S. The third kappa shape index (κ3) is 2.96. The van der Waals surface area contributed by atoms with Gasteiger partial charge in [0.2, 0.25) is 0 Å². The number of hydrogen-bond acceptors (Lipinski definition) is 5. The largest absolute Gasteiger partial charge is 0.270 e. The fraction of sp³-hybridized carbons (Fsp3) is 0.0667. The van der Waals surface area contributed by atoms with Gasteiger partial charge in [-0.15, -0.1) is 10.2 Å². The highest BCUT2D eigenvalue weighted by atomic mass is 35.5. The van der Waals surface area contributed by atoms with E-state index in [9.17, 15) is 0 Å². The number of pyridine rings is 1. The standard InChI is InChI=1S/C15H10ClN5S/c16-12-4-1-5-13(9-12)21-14(11-3-2-7-18-10-11)19-20-15(21)22-8-6-17/h1-5,7,9-10H,8H2. The first-order chi connectivity index (χ1) is 10.8. The Bertz CT molecular complexity index is 825. The van der Waals surface area contributed by atoms with Gasteiger partial charge < -0.3 is 0 Å². The van der Waals surface area contributed by atoms with E-state index in [1.165, 1.54) is 11.8 Å². The molecule has 0 aliphatic rings. The minimum atomic E-state index is 0.297. The zero-order valence-electron chi connectivity index (χ0n) is 11.3. The summed E-state index contributed by atoms with van der Waals surface area (Å²) in [5, 5.41) is 18.5. The van der Waals surface area contributed by atoms with Gasteiger partial charge in [0.15, 0.2) is 11.0 Å². The molecule has 7 heteroatoms. The number of nitrogens with zero attached hydrogens (tertiary/aromatic N) is 5. The first kappa shape index (κ1) is 14.6. The second-order valence-electron chi connectivity index (χ2n) is 4.31. The van der Waals surface area contributed by atoms with Gasteiger partial charge in [0.25, 0.3) is 0 Å². The van der Waals surface area contributed by atoms with E-state index in [0.717, 1.165) is 11.3 Å². The van der Waals surface area contributed by atoms with Crippen molar-refractivity contribution < 1.29 is 0 Å². The van der Waals surface area contributed by atoms with Gasteiger partial charge in [-0.2, -0.15) is 5.26 Å². The second kappa shape index (κ2) is 6.60. The summed E-state index contributed by atoms with van der Waals surface area (Å²) in [4.78, 5) is 4.12. The Balaban J connectivity index is 2.16. The van der Waals surface area contributed by atoms with Crippen LogP contribution in [-0.2, 0) is 0 Å². The number of benzene rings is 1. The molecule has 3 aromatic rings. The van der Waals surface area contributed by atoms with E-state index in [-0.39, 0.29) is 0 Å². The minimum absolute atomic E-state index is 0.297. The Morgan fingerprint density at radius 2 is 2.14 bits per heavy atom. The van der Waals surface area contributed by atoms with E-state index >= 15 is 0 Å². The fourth-order valence-electron chi connectivity index (χ4n) is 1.99. The Hall–Kier alpha value is -2.36. The quantitative estimate of drug-likeness (QED) is 0.685. The molecule has 0 radical (unpaired) electrons. The molecule has 0 fully saturated rings. The molecule has 1 aromatic carbocycles. The molecule has 108 valence electrons. The maximum Gasteiger partial charge on any atom is 0.197 e. The van der Waals surface area contributed by atoms with Crippen molar-refractivity contribution in [2.24, 2.45) is 0 Å². The van der Waals surface area contributed by atoms with E-state index in [0.29, 0.717) is 21.8 Å². The fourth-order valence-corrected chi connectivity index (χ4v) is 2.79. The Labute approximate surface area is 136 Å². The summed E-state index contributed by atoms with van der Waals surface area (Å²) < 4.78 is 1.88. The van der Waals surface area contributed by atoms with Crippen molar-refractivity contribution in [1.29, 1.82) is 5.26 Å². The maximum absolute atomic E-state index is 8.80. The summed E-state index contributed by atoms with van der Waals surface area (Å²) in [7, 11) is 0. The Kier molecular flexibility index (Phi) is 4.37. The lowest BCUT2D eigenvalue weighted by Crippen LogP contribution is -2.00. The van der Waals surface area contributed by atoms with E-state index in [4.69, 9.17) is 16.9 Å². The van der Waals surface area contributed by atoms with Gasteiger partial charge in [-0.1, -0.05) is 29.4 Å². The van der Waals surface area contributed by atoms with Crippen LogP contribution in [0.3, 0.4) is 0 Å². The van der Waals surface area contributed by atoms with Gasteiger partial charge in [-0.3, -0.25) is 9.55 Å². The lowest BCUT2D eigenvalue weighted by atomic mass is 10.2. The number of nitriles is 1. The highest BCUT2D eigenvalue weighted by molar-refractivity contribution is 7.99. The molecule has 22 heavy (non-hydrogen) atoms. The average molecular weight is 328 g/mol. The van der Waals surface area contributed by atoms with Crippen molar-refractivity contribution in [2.45, 2.75) is 5.16 Å². The van der Waals surface area contributed by atoms with Crippen LogP contribution in [0.5, 0.6) is 0 Å². The van der Waals surface area contributed by atoms with Crippen LogP contribution < -0.4 is 0 Å². The van der Waals surface area contributed by atoms with Crippen LogP contribution in [0.4, 0.5) is 0 Å². The summed E-state index contributed by atoms with van der Waals surface area (Å²) in [6.07, 6.45) is 3.43. The molecule has 0 atom stereocenters. The van der Waals surface area contributed by atoms with E-state index in [1.54, 1.807) is 18.5 Å². The van der Waals surface area contributed by atoms with Crippen LogP contribution in [0.2, 0.25) is 5.02 Å². The molecule has 0 unspecified atom stereocenters. The van der Waals surface area contributed by atoms with Gasteiger partial charge in [-0.05, 0) is 30.3 Å². The highest BCUT2D eigenvalue weighted by Crippen LogP contribution is 2.28. The molecule has 0 spiro atoms. The van der Waals surface area contributed by atoms with Crippen molar-refractivity contribution in [2.75, 3.05) is 5.75 Å². The summed E-state index contributed by atoms with van der Waals surface area (Å²) in [5.41, 5.74) is 1.69. The van der Waals surface area contributed by atoms with Gasteiger partial charge in [0.1, 0.15) is 0 Å². The van der Waals surface area contributed by atoms with Gasteiger partial charge in [0, 0.05) is 23.0 Å². The molecule has 0 N–H and O–H groups in total. The second-order valence-corrected chi connectivity index (χ2v) is 5.69. The van der Waals surface area contributed by atoms with Crippen molar-refractivity contribution >= 4 is 23.4 Å². The van der Waals surface area contributed by atoms with Gasteiger partial charge >= 0.3 is 0 Å². The average Bonchev–Trinajstić information content (AvgIpc) is 2.97. The molecule has 0 bridgehead atoms. The van der Waals surface area contributed by atoms with Gasteiger partial charge in [0.05, 0.1) is 17.5 Å². The Morgan fingerprint density at radius 1 is 1.23 bits per heavy atom. The van der Waals surface area contributed by atoms with Crippen molar-refractivity contribution in [3.05, 3.63) is 53.8 Å². The molecular weight excluding hydrogens is 318 g/mol. The number of thioether (sulfide) groups is 1. The van der Waals surface area contributed by atoms with Gasteiger partial charge in [-0.25, -0.2) is 0 Å². The number of hydrogen-bond donors (Lipinski definition) is 0. The van der Waals surface area contributed by atoms with Crippen molar-refractivity contribution in [1.82, 2.24) is 19.7 Å². The molecule has 3 rings (SSSR count). The third-order valence-corrected chi connectivity index (χ3v) is 3.92. The van der Waals surface area contributed by atoms with Crippen LogP contribution >= 0.6 is 23.4 Å². The molecule has 0 amide bonds. The lowest BCUT2D eigenvalue weighted by Gasteiger charge is -2.09. The molecule has 0 saturated carbocycles. The molecule has 5 nitrogen and oxygen atoms in total. The molecule has 0 saturated heterocycles. The number of halogens is 1. The minimum Gasteiger partial charge on any atom is -0.270 e. The molecule has 0 aliphatic carbocycles.